The van der Waals surface area contributed by atoms with E-state index >= 15 is 0 Å². The number of hydroxylamine groups is 1. The maximum Gasteiger partial charge on any atom is 0.216 e. The molecule has 1 aromatic rings. The summed E-state index contributed by atoms with van der Waals surface area (Å²) in [5.41, 5.74) is 2.82. The largest absolute Gasteiger partial charge is 0.506 e. The fourth-order valence-corrected chi connectivity index (χ4v) is 4.68. The second-order valence-electron chi connectivity index (χ2n) is 6.36. The molecule has 146 valence electrons. The maximum atomic E-state index is 12.8. The second kappa shape index (κ2) is 8.61. The van der Waals surface area contributed by atoms with Gasteiger partial charge in [-0.25, -0.2) is 13.4 Å². The molecule has 10 heteroatoms. The molecular weight excluding hydrogens is 370 g/mol. The minimum absolute atomic E-state index is 0.0921. The number of pyridine rings is 1. The van der Waals surface area contributed by atoms with Gasteiger partial charge in [0.05, 0.1) is 18.0 Å². The number of allylic oxidation sites excluding steroid dienone is 2. The summed E-state index contributed by atoms with van der Waals surface area (Å²) in [6.45, 7) is 1.67. The third-order valence-corrected chi connectivity index (χ3v) is 6.48. The van der Waals surface area contributed by atoms with Gasteiger partial charge in [0.1, 0.15) is 11.6 Å². The number of nitrogens with one attached hydrogen (secondary N) is 1. The average Bonchev–Trinajstić information content (AvgIpc) is 2.96. The second-order valence-corrected chi connectivity index (χ2v) is 8.37. The predicted octanol–water partition coefficient (Wildman–Crippen LogP) is 0.501. The molecule has 0 bridgehead atoms. The Morgan fingerprint density at radius 2 is 2.00 bits per heavy atom. The number of piperazine rings is 1. The minimum atomic E-state index is -3.56. The highest BCUT2D eigenvalue weighted by molar-refractivity contribution is 7.89. The molecule has 1 saturated heterocycles. The highest BCUT2D eigenvalue weighted by Gasteiger charge is 2.31. The van der Waals surface area contributed by atoms with Gasteiger partial charge in [0.2, 0.25) is 10.0 Å². The van der Waals surface area contributed by atoms with Gasteiger partial charge in [-0.05, 0) is 30.2 Å². The normalized spacial score (nSPS) is 19.6. The summed E-state index contributed by atoms with van der Waals surface area (Å²) < 4.78 is 27.0. The number of sulfonamides is 1. The summed E-state index contributed by atoms with van der Waals surface area (Å²) >= 11 is 0. The lowest BCUT2D eigenvalue weighted by atomic mass is 10.1. The number of hydrogen-bond donors (Lipinski definition) is 3. The molecule has 3 N–H and O–H groups in total. The molecule has 1 fully saturated rings. The summed E-state index contributed by atoms with van der Waals surface area (Å²) in [5, 5.41) is 18.8. The minimum Gasteiger partial charge on any atom is -0.506 e. The van der Waals surface area contributed by atoms with Crippen molar-refractivity contribution in [2.24, 2.45) is 4.99 Å². The molecule has 0 radical (unpaired) electrons. The van der Waals surface area contributed by atoms with Gasteiger partial charge in [-0.1, -0.05) is 6.08 Å². The molecule has 1 aromatic heterocycles. The van der Waals surface area contributed by atoms with Crippen LogP contribution in [0.25, 0.3) is 0 Å². The Hall–Kier alpha value is -2.27. The summed E-state index contributed by atoms with van der Waals surface area (Å²) in [7, 11) is -3.56. The van der Waals surface area contributed by atoms with Crippen molar-refractivity contribution in [2.45, 2.75) is 12.5 Å². The van der Waals surface area contributed by atoms with Crippen molar-refractivity contribution >= 4 is 22.1 Å². The number of anilines is 1. The summed E-state index contributed by atoms with van der Waals surface area (Å²) in [6, 6.07) is 2.55. The van der Waals surface area contributed by atoms with E-state index in [9.17, 15) is 18.7 Å². The lowest BCUT2D eigenvalue weighted by Crippen LogP contribution is -2.51. The van der Waals surface area contributed by atoms with Crippen LogP contribution < -0.4 is 10.4 Å². The van der Waals surface area contributed by atoms with Crippen LogP contribution in [0.2, 0.25) is 0 Å². The molecule has 1 atom stereocenters. The Bertz CT molecular complexity index is 827. The molecule has 0 aromatic carbocycles. The van der Waals surface area contributed by atoms with Crippen molar-refractivity contribution in [1.29, 1.82) is 0 Å². The van der Waals surface area contributed by atoms with Crippen LogP contribution in [0.4, 0.5) is 5.82 Å². The molecule has 1 unspecified atom stereocenters. The number of hydrogen-bond acceptors (Lipinski definition) is 8. The first-order valence-corrected chi connectivity index (χ1v) is 10.2. The first kappa shape index (κ1) is 19.5. The smallest absolute Gasteiger partial charge is 0.216 e. The number of aromatic hydroxyl groups is 1. The number of nitrogens with zero attached hydrogens (tertiary/aromatic N) is 4. The lowest BCUT2D eigenvalue weighted by Gasteiger charge is -2.35. The average molecular weight is 393 g/mol. The summed E-state index contributed by atoms with van der Waals surface area (Å²) in [6.07, 6.45) is 8.73. The summed E-state index contributed by atoms with van der Waals surface area (Å²) in [4.78, 5) is 10.2. The van der Waals surface area contributed by atoms with Crippen molar-refractivity contribution in [3.8, 4) is 5.75 Å². The van der Waals surface area contributed by atoms with Crippen molar-refractivity contribution in [3.63, 3.8) is 0 Å². The molecule has 0 saturated carbocycles. The first-order valence-electron chi connectivity index (χ1n) is 8.64. The zero-order valence-electron chi connectivity index (χ0n) is 14.8. The van der Waals surface area contributed by atoms with Crippen LogP contribution in [0, 0.1) is 0 Å². The highest BCUT2D eigenvalue weighted by Crippen LogP contribution is 2.19. The van der Waals surface area contributed by atoms with E-state index in [4.69, 9.17) is 0 Å². The number of aliphatic imine (C=N–C) groups is 1. The third kappa shape index (κ3) is 4.92. The molecule has 0 aliphatic carbocycles. The van der Waals surface area contributed by atoms with Crippen LogP contribution in [0.15, 0.2) is 47.2 Å². The van der Waals surface area contributed by atoms with E-state index in [0.29, 0.717) is 44.0 Å². The topological polar surface area (TPSA) is 118 Å². The molecule has 9 nitrogen and oxygen atoms in total. The van der Waals surface area contributed by atoms with Crippen LogP contribution in [0.3, 0.4) is 0 Å². The van der Waals surface area contributed by atoms with Gasteiger partial charge in [-0.2, -0.15) is 9.79 Å². The van der Waals surface area contributed by atoms with Gasteiger partial charge in [0, 0.05) is 38.6 Å². The van der Waals surface area contributed by atoms with E-state index in [1.165, 1.54) is 10.5 Å². The molecule has 3 rings (SSSR count). The van der Waals surface area contributed by atoms with Crippen LogP contribution in [0.5, 0.6) is 5.75 Å². The zero-order valence-corrected chi connectivity index (χ0v) is 15.6. The van der Waals surface area contributed by atoms with E-state index in [-0.39, 0.29) is 11.5 Å². The zero-order chi connectivity index (χ0) is 19.3. The molecule has 0 amide bonds. The quantitative estimate of drug-likeness (QED) is 0.602. The Labute approximate surface area is 158 Å². The third-order valence-electron chi connectivity index (χ3n) is 4.57. The fraction of sp³-hybridized carbons (Fsp3) is 0.412. The van der Waals surface area contributed by atoms with Gasteiger partial charge in [0.15, 0.2) is 0 Å². The van der Waals surface area contributed by atoms with Gasteiger partial charge in [0.25, 0.3) is 0 Å². The van der Waals surface area contributed by atoms with Crippen molar-refractivity contribution < 1.29 is 18.7 Å². The molecule has 3 heterocycles. The summed E-state index contributed by atoms with van der Waals surface area (Å²) in [5.74, 6) is 0.554. The Morgan fingerprint density at radius 3 is 2.67 bits per heavy atom. The monoisotopic (exact) mass is 393 g/mol. The van der Waals surface area contributed by atoms with E-state index in [1.807, 2.05) is 11.0 Å². The number of aromatic nitrogens is 1. The Morgan fingerprint density at radius 1 is 1.22 bits per heavy atom. The van der Waals surface area contributed by atoms with Crippen molar-refractivity contribution in [3.05, 3.63) is 42.3 Å². The Balaban J connectivity index is 1.62. The van der Waals surface area contributed by atoms with Crippen LogP contribution >= 0.6 is 0 Å². The van der Waals surface area contributed by atoms with Crippen LogP contribution in [-0.2, 0) is 10.0 Å². The number of rotatable bonds is 6. The van der Waals surface area contributed by atoms with E-state index < -0.39 is 16.1 Å². The fourth-order valence-electron chi connectivity index (χ4n) is 3.04. The molecular formula is C17H23N5O4S. The SMILES string of the molecule is O=S(=O)(CC(NO)C1=CN=CC=CC1)N1CCN(c2ccc(O)cn2)CC1. The van der Waals surface area contributed by atoms with Crippen LogP contribution in [-0.4, -0.2) is 72.2 Å². The maximum absolute atomic E-state index is 12.8. The Kier molecular flexibility index (Phi) is 6.22. The first-order chi connectivity index (χ1) is 13.0. The van der Waals surface area contributed by atoms with Crippen molar-refractivity contribution in [2.75, 3.05) is 36.8 Å². The van der Waals surface area contributed by atoms with Gasteiger partial charge >= 0.3 is 0 Å². The molecule has 0 spiro atoms. The van der Waals surface area contributed by atoms with Gasteiger partial charge in [-0.15, -0.1) is 0 Å². The lowest BCUT2D eigenvalue weighted by molar-refractivity contribution is 0.145. The molecule has 27 heavy (non-hydrogen) atoms. The van der Waals surface area contributed by atoms with E-state index in [0.717, 1.165) is 0 Å². The van der Waals surface area contributed by atoms with Gasteiger partial charge in [-0.3, -0.25) is 4.99 Å². The standard InChI is InChI=1S/C17H23N5O4S/c23-15-4-5-17(19-12-15)21-7-9-22(10-8-21)27(25,26)13-16(20-24)14-3-1-2-6-18-11-14/h1-2,4-6,11-12,16,20,23-24H,3,7-10,13H2. The van der Waals surface area contributed by atoms with Crippen LogP contribution in [0.1, 0.15) is 6.42 Å². The van der Waals surface area contributed by atoms with E-state index in [1.54, 1.807) is 30.6 Å². The van der Waals surface area contributed by atoms with Crippen molar-refractivity contribution in [1.82, 2.24) is 14.8 Å². The van der Waals surface area contributed by atoms with E-state index in [2.05, 4.69) is 15.5 Å². The molecule has 2 aliphatic heterocycles. The highest BCUT2D eigenvalue weighted by atomic mass is 32.2. The molecule has 2 aliphatic rings. The van der Waals surface area contributed by atoms with Gasteiger partial charge < -0.3 is 15.2 Å². The predicted molar refractivity (Wildman–Crippen MR) is 103 cm³/mol.